The molecule has 3 unspecified atom stereocenters. The molecule has 0 saturated carbocycles. The largest absolute Gasteiger partial charge is 0.472 e. The quantitative estimate of drug-likeness (QED) is 0.0197. The van der Waals surface area contributed by atoms with Crippen LogP contribution in [-0.4, -0.2) is 66.5 Å². The summed E-state index contributed by atoms with van der Waals surface area (Å²) in [5.74, 6) is -1.50. The van der Waals surface area contributed by atoms with E-state index < -0.39 is 57.8 Å². The highest BCUT2D eigenvalue weighted by Crippen LogP contribution is 2.43. The number of aliphatic hydroxyl groups excluding tert-OH is 1. The van der Waals surface area contributed by atoms with Crippen molar-refractivity contribution in [3.05, 3.63) is 85.1 Å². The van der Waals surface area contributed by atoms with E-state index in [1.165, 1.54) is 96.3 Å². The van der Waals surface area contributed by atoms with E-state index in [2.05, 4.69) is 106 Å². The van der Waals surface area contributed by atoms with Gasteiger partial charge in [-0.05, 0) is 96.3 Å². The molecule has 0 aliphatic carbocycles. The Morgan fingerprint density at radius 1 is 0.372 bits per heavy atom. The molecular weight excluding hydrogens is 1000 g/mol. The number of allylic oxidation sites excluding steroid dienone is 14. The van der Waals surface area contributed by atoms with E-state index in [9.17, 15) is 28.9 Å². The van der Waals surface area contributed by atoms with Gasteiger partial charge >= 0.3 is 25.7 Å². The first-order chi connectivity index (χ1) is 38.2. The van der Waals surface area contributed by atoms with Crippen molar-refractivity contribution in [2.24, 2.45) is 0 Å². The zero-order chi connectivity index (χ0) is 56.9. The molecule has 12 heteroatoms. The summed E-state index contributed by atoms with van der Waals surface area (Å²) in [5, 5.41) is 9.84. The van der Waals surface area contributed by atoms with Crippen molar-refractivity contribution in [2.75, 3.05) is 26.4 Å². The average molecular weight is 1120 g/mol. The predicted molar refractivity (Wildman–Crippen MR) is 325 cm³/mol. The zero-order valence-corrected chi connectivity index (χ0v) is 50.8. The van der Waals surface area contributed by atoms with Crippen LogP contribution in [0.2, 0.25) is 0 Å². The second kappa shape index (κ2) is 59.8. The number of phosphoric acid groups is 1. The molecule has 0 aliphatic rings. The van der Waals surface area contributed by atoms with E-state index in [0.29, 0.717) is 19.3 Å². The fourth-order valence-corrected chi connectivity index (χ4v) is 9.32. The molecule has 11 nitrogen and oxygen atoms in total. The maximum Gasteiger partial charge on any atom is 0.472 e. The first-order valence-electron chi connectivity index (χ1n) is 31.5. The van der Waals surface area contributed by atoms with E-state index in [1.54, 1.807) is 0 Å². The Morgan fingerprint density at radius 2 is 0.667 bits per heavy atom. The van der Waals surface area contributed by atoms with Gasteiger partial charge < -0.3 is 24.2 Å². The number of unbranched alkanes of at least 4 members (excludes halogenated alkanes) is 27. The molecule has 0 amide bonds. The Hall–Kier alpha value is -3.34. The lowest BCUT2D eigenvalue weighted by Gasteiger charge is -2.21. The summed E-state index contributed by atoms with van der Waals surface area (Å²) < 4.78 is 39.6. The van der Waals surface area contributed by atoms with Gasteiger partial charge in [-0.1, -0.05) is 247 Å². The fraction of sp³-hybridized carbons (Fsp3) is 0.742. The normalized spacial score (nSPS) is 13.9. The monoisotopic (exact) mass is 1110 g/mol. The Morgan fingerprint density at radius 3 is 1.05 bits per heavy atom. The lowest BCUT2D eigenvalue weighted by Crippen LogP contribution is -2.30. The van der Waals surface area contributed by atoms with Crippen molar-refractivity contribution in [1.82, 2.24) is 0 Å². The summed E-state index contributed by atoms with van der Waals surface area (Å²) in [4.78, 5) is 48.7. The molecular formula is C66H115O11P. The van der Waals surface area contributed by atoms with E-state index >= 15 is 0 Å². The highest BCUT2D eigenvalue weighted by Gasteiger charge is 2.28. The van der Waals surface area contributed by atoms with E-state index in [4.69, 9.17) is 23.3 Å². The molecule has 78 heavy (non-hydrogen) atoms. The molecule has 0 aromatic rings. The number of hydrogen-bond acceptors (Lipinski definition) is 10. The van der Waals surface area contributed by atoms with Gasteiger partial charge in [0, 0.05) is 19.3 Å². The number of phosphoric ester groups is 1. The van der Waals surface area contributed by atoms with Crippen LogP contribution in [0, 0.1) is 0 Å². The van der Waals surface area contributed by atoms with E-state index in [-0.39, 0.29) is 25.9 Å². The van der Waals surface area contributed by atoms with Crippen molar-refractivity contribution < 1.29 is 52.2 Å². The van der Waals surface area contributed by atoms with Crippen LogP contribution in [0.1, 0.15) is 278 Å². The van der Waals surface area contributed by atoms with Crippen molar-refractivity contribution in [2.45, 2.75) is 290 Å². The van der Waals surface area contributed by atoms with Gasteiger partial charge in [-0.3, -0.25) is 23.4 Å². The van der Waals surface area contributed by atoms with Gasteiger partial charge in [-0.2, -0.15) is 0 Å². The molecule has 3 atom stereocenters. The minimum absolute atomic E-state index is 0.145. The van der Waals surface area contributed by atoms with Crippen molar-refractivity contribution >= 4 is 25.7 Å². The van der Waals surface area contributed by atoms with Crippen LogP contribution in [-0.2, 0) is 42.2 Å². The molecule has 2 N–H and O–H groups in total. The molecule has 0 radical (unpaired) electrons. The van der Waals surface area contributed by atoms with Crippen LogP contribution in [0.15, 0.2) is 85.1 Å². The Balaban J connectivity index is 4.77. The highest BCUT2D eigenvalue weighted by molar-refractivity contribution is 7.47. The van der Waals surface area contributed by atoms with Gasteiger partial charge in [-0.15, -0.1) is 0 Å². The smallest absolute Gasteiger partial charge is 0.462 e. The Kier molecular flexibility index (Phi) is 57.2. The summed E-state index contributed by atoms with van der Waals surface area (Å²) >= 11 is 0. The maximum atomic E-state index is 12.9. The fourth-order valence-electron chi connectivity index (χ4n) is 8.53. The number of rotatable bonds is 58. The summed E-state index contributed by atoms with van der Waals surface area (Å²) in [7, 11) is -4.76. The summed E-state index contributed by atoms with van der Waals surface area (Å²) in [6.45, 7) is 4.50. The van der Waals surface area contributed by atoms with Crippen LogP contribution < -0.4 is 0 Å². The molecule has 0 bridgehead atoms. The number of aliphatic hydroxyl groups is 1. The van der Waals surface area contributed by atoms with Crippen LogP contribution >= 0.6 is 7.82 Å². The Bertz CT molecular complexity index is 1630. The van der Waals surface area contributed by atoms with Crippen LogP contribution in [0.3, 0.4) is 0 Å². The SMILES string of the molecule is CC/C=C\C/C=C\C/C=C\C/C=C\CCCCCCC(=O)OCC(COP(=O)(O)OCC(CO)OC(=O)CCCCCCCCCCCCCCCCC)OC(=O)CCCCCCCC/C=C\C/C=C\C/C=C\CCCCC. The van der Waals surface area contributed by atoms with Crippen molar-refractivity contribution in [1.29, 1.82) is 0 Å². The zero-order valence-electron chi connectivity index (χ0n) is 49.9. The molecule has 0 saturated heterocycles. The van der Waals surface area contributed by atoms with Crippen molar-refractivity contribution in [3.63, 3.8) is 0 Å². The van der Waals surface area contributed by atoms with Gasteiger partial charge in [0.25, 0.3) is 0 Å². The van der Waals surface area contributed by atoms with Gasteiger partial charge in [0.2, 0.25) is 0 Å². The minimum Gasteiger partial charge on any atom is -0.462 e. The molecule has 0 fully saturated rings. The van der Waals surface area contributed by atoms with E-state index in [0.717, 1.165) is 122 Å². The predicted octanol–water partition coefficient (Wildman–Crippen LogP) is 19.0. The lowest BCUT2D eigenvalue weighted by atomic mass is 10.0. The number of carbonyl (C=O) groups is 3. The molecule has 0 aliphatic heterocycles. The van der Waals surface area contributed by atoms with Crippen molar-refractivity contribution in [3.8, 4) is 0 Å². The summed E-state index contributed by atoms with van der Waals surface area (Å²) in [6, 6.07) is 0. The third kappa shape index (κ3) is 57.3. The van der Waals surface area contributed by atoms with Gasteiger partial charge in [0.1, 0.15) is 12.7 Å². The first-order valence-corrected chi connectivity index (χ1v) is 33.0. The molecule has 0 aromatic carbocycles. The molecule has 0 rings (SSSR count). The second-order valence-electron chi connectivity index (χ2n) is 20.8. The maximum absolute atomic E-state index is 12.9. The second-order valence-corrected chi connectivity index (χ2v) is 22.3. The van der Waals surface area contributed by atoms with Crippen LogP contribution in [0.4, 0.5) is 0 Å². The number of esters is 3. The van der Waals surface area contributed by atoms with Crippen LogP contribution in [0.25, 0.3) is 0 Å². The number of carbonyl (C=O) groups excluding carboxylic acids is 3. The summed E-state index contributed by atoms with van der Waals surface area (Å²) in [6.07, 6.45) is 69.6. The lowest BCUT2D eigenvalue weighted by molar-refractivity contribution is -0.161. The standard InChI is InChI=1S/C66H115O11P/c1-4-7-10-13-16-19-22-25-28-30-31-33-36-39-42-45-48-51-54-57-66(70)77-63(59-73-64(68)55-52-49-46-43-40-37-35-32-29-26-23-20-17-14-11-8-5-2)61-75-78(71,72)74-60-62(58-67)76-65(69)56-53-50-47-44-41-38-34-27-24-21-18-15-12-9-6-3/h8,11,16-17,19-20,25-26,28-29,31,33,35,37,62-63,67H,4-7,9-10,12-15,18,21-24,27,30,32,34,36,38-61H2,1-3H3,(H,71,72)/b11-8-,19-16-,20-17-,28-25-,29-26-,33-31-,37-35-. The minimum atomic E-state index is -4.76. The van der Waals surface area contributed by atoms with Gasteiger partial charge in [-0.25, -0.2) is 4.57 Å². The molecule has 0 heterocycles. The van der Waals surface area contributed by atoms with E-state index in [1.807, 2.05) is 0 Å². The summed E-state index contributed by atoms with van der Waals surface area (Å²) in [5.41, 5.74) is 0. The topological polar surface area (TPSA) is 155 Å². The van der Waals surface area contributed by atoms with Crippen LogP contribution in [0.5, 0.6) is 0 Å². The third-order valence-corrected chi connectivity index (χ3v) is 14.3. The average Bonchev–Trinajstić information content (AvgIpc) is 3.43. The number of ether oxygens (including phenoxy) is 3. The number of hydrogen-bond donors (Lipinski definition) is 2. The first kappa shape index (κ1) is 74.7. The highest BCUT2D eigenvalue weighted by atomic mass is 31.2. The Labute approximate surface area is 477 Å². The molecule has 450 valence electrons. The van der Waals surface area contributed by atoms with Gasteiger partial charge in [0.05, 0.1) is 19.8 Å². The molecule has 0 spiro atoms. The van der Waals surface area contributed by atoms with Gasteiger partial charge in [0.15, 0.2) is 6.10 Å². The molecule has 0 aromatic heterocycles. The third-order valence-electron chi connectivity index (χ3n) is 13.3.